The van der Waals surface area contributed by atoms with Gasteiger partial charge in [0, 0.05) is 30.3 Å². The Labute approximate surface area is 157 Å². The molecule has 2 aromatic rings. The van der Waals surface area contributed by atoms with Gasteiger partial charge in [0.05, 0.1) is 5.69 Å². The van der Waals surface area contributed by atoms with Crippen LogP contribution in [0.2, 0.25) is 0 Å². The summed E-state index contributed by atoms with van der Waals surface area (Å²) in [7, 11) is 0. The average Bonchev–Trinajstić information content (AvgIpc) is 3.17. The van der Waals surface area contributed by atoms with Crippen molar-refractivity contribution in [2.75, 3.05) is 19.7 Å². The fourth-order valence-electron chi connectivity index (χ4n) is 4.20. The monoisotopic (exact) mass is 369 g/mol. The number of benzene rings is 1. The van der Waals surface area contributed by atoms with Gasteiger partial charge in [0.2, 0.25) is 5.91 Å². The first-order valence-corrected chi connectivity index (χ1v) is 9.07. The van der Waals surface area contributed by atoms with E-state index in [1.165, 1.54) is 0 Å². The molecule has 0 aliphatic carbocycles. The number of hydrogen-bond donors (Lipinski definition) is 1. The number of likely N-dealkylation sites (tertiary alicyclic amines) is 1. The lowest BCUT2D eigenvalue weighted by atomic mass is 9.73. The highest BCUT2D eigenvalue weighted by molar-refractivity contribution is 5.82. The van der Waals surface area contributed by atoms with E-state index in [1.807, 2.05) is 45.0 Å². The van der Waals surface area contributed by atoms with E-state index in [4.69, 9.17) is 4.74 Å². The molecule has 27 heavy (non-hydrogen) atoms. The van der Waals surface area contributed by atoms with Crippen molar-refractivity contribution in [3.8, 4) is 5.75 Å². The van der Waals surface area contributed by atoms with Gasteiger partial charge in [0.1, 0.15) is 24.3 Å². The lowest BCUT2D eigenvalue weighted by molar-refractivity contribution is -0.152. The van der Waals surface area contributed by atoms with Gasteiger partial charge in [-0.1, -0.05) is 18.2 Å². The third-order valence-corrected chi connectivity index (χ3v) is 6.13. The molecule has 2 atom stereocenters. The molecule has 2 aliphatic rings. The van der Waals surface area contributed by atoms with Gasteiger partial charge in [0.25, 0.3) is 0 Å². The van der Waals surface area contributed by atoms with Gasteiger partial charge in [-0.2, -0.15) is 5.10 Å². The summed E-state index contributed by atoms with van der Waals surface area (Å²) in [6.45, 7) is 6.56. The molecule has 1 amide bonds. The lowest BCUT2D eigenvalue weighted by Crippen LogP contribution is -2.46. The Hall–Kier alpha value is -2.83. The van der Waals surface area contributed by atoms with Gasteiger partial charge in [-0.3, -0.25) is 14.3 Å². The zero-order valence-corrected chi connectivity index (χ0v) is 15.7. The Morgan fingerprint density at radius 1 is 1.30 bits per heavy atom. The first-order chi connectivity index (χ1) is 12.8. The fourth-order valence-corrected chi connectivity index (χ4v) is 4.20. The first kappa shape index (κ1) is 17.6. The van der Waals surface area contributed by atoms with Gasteiger partial charge in [0.15, 0.2) is 0 Å². The fraction of sp³-hybridized carbons (Fsp3) is 0.450. The van der Waals surface area contributed by atoms with Crippen LogP contribution in [0.4, 0.5) is 0 Å². The molecule has 2 aliphatic heterocycles. The summed E-state index contributed by atoms with van der Waals surface area (Å²) < 4.78 is 7.45. The number of aliphatic carboxylic acids is 1. The number of rotatable bonds is 3. The number of carbonyl (C=O) groups excluding carboxylic acids is 1. The molecular weight excluding hydrogens is 346 g/mol. The Bertz CT molecular complexity index is 935. The minimum absolute atomic E-state index is 0.0762. The highest BCUT2D eigenvalue weighted by Crippen LogP contribution is 2.49. The van der Waals surface area contributed by atoms with Crippen LogP contribution in [-0.4, -0.2) is 51.4 Å². The Morgan fingerprint density at radius 3 is 2.70 bits per heavy atom. The van der Waals surface area contributed by atoms with Crippen molar-refractivity contribution in [3.05, 3.63) is 46.8 Å². The van der Waals surface area contributed by atoms with Crippen molar-refractivity contribution in [1.82, 2.24) is 14.7 Å². The molecule has 0 spiro atoms. The molecule has 1 fully saturated rings. The SMILES string of the molecule is Cc1nn(CC(=O)N2C[C@@H]3c4ccccc4OC[C@]3(C(=O)O)C2)c(C)c1C. The van der Waals surface area contributed by atoms with E-state index in [9.17, 15) is 14.7 Å². The Balaban J connectivity index is 1.62. The zero-order valence-electron chi connectivity index (χ0n) is 15.7. The van der Waals surface area contributed by atoms with Crippen LogP contribution in [0.5, 0.6) is 5.75 Å². The molecule has 0 saturated carbocycles. The van der Waals surface area contributed by atoms with Crippen LogP contribution in [0.3, 0.4) is 0 Å². The number of carboxylic acids is 1. The number of fused-ring (bicyclic) bond motifs is 3. The molecule has 0 bridgehead atoms. The van der Waals surface area contributed by atoms with Gasteiger partial charge < -0.3 is 14.7 Å². The van der Waals surface area contributed by atoms with Crippen LogP contribution in [-0.2, 0) is 16.1 Å². The number of amides is 1. The topological polar surface area (TPSA) is 84.7 Å². The first-order valence-electron chi connectivity index (χ1n) is 9.07. The summed E-state index contributed by atoms with van der Waals surface area (Å²) in [5.74, 6) is -0.596. The maximum atomic E-state index is 12.9. The number of hydrogen-bond acceptors (Lipinski definition) is 4. The van der Waals surface area contributed by atoms with Crippen LogP contribution in [0.25, 0.3) is 0 Å². The lowest BCUT2D eigenvalue weighted by Gasteiger charge is -2.35. The predicted molar refractivity (Wildman–Crippen MR) is 97.8 cm³/mol. The van der Waals surface area contributed by atoms with Crippen molar-refractivity contribution in [2.24, 2.45) is 5.41 Å². The smallest absolute Gasteiger partial charge is 0.315 e. The summed E-state index contributed by atoms with van der Waals surface area (Å²) in [6, 6.07) is 7.50. The largest absolute Gasteiger partial charge is 0.492 e. The van der Waals surface area contributed by atoms with Crippen LogP contribution in [0.15, 0.2) is 24.3 Å². The standard InChI is InChI=1S/C20H23N3O4/c1-12-13(2)21-23(14(12)3)9-18(24)22-8-16-15-6-4-5-7-17(15)27-11-20(16,10-22)19(25)26/h4-7,16H,8-11H2,1-3H3,(H,25,26)/t16-,20-/m1/s1. The summed E-state index contributed by atoms with van der Waals surface area (Å²) in [6.07, 6.45) is 0. The number of aryl methyl sites for hydroxylation is 1. The molecule has 1 N–H and O–H groups in total. The molecule has 1 saturated heterocycles. The van der Waals surface area contributed by atoms with E-state index < -0.39 is 11.4 Å². The minimum Gasteiger partial charge on any atom is -0.492 e. The molecule has 0 radical (unpaired) electrons. The van der Waals surface area contributed by atoms with Crippen molar-refractivity contribution >= 4 is 11.9 Å². The molecule has 7 nitrogen and oxygen atoms in total. The predicted octanol–water partition coefficient (Wildman–Crippen LogP) is 1.90. The number of carbonyl (C=O) groups is 2. The van der Waals surface area contributed by atoms with E-state index >= 15 is 0 Å². The van der Waals surface area contributed by atoms with Crippen molar-refractivity contribution in [3.63, 3.8) is 0 Å². The van der Waals surface area contributed by atoms with Gasteiger partial charge in [-0.05, 0) is 32.4 Å². The van der Waals surface area contributed by atoms with Crippen molar-refractivity contribution in [2.45, 2.75) is 33.2 Å². The van der Waals surface area contributed by atoms with Crippen LogP contribution < -0.4 is 4.74 Å². The highest BCUT2D eigenvalue weighted by Gasteiger charge is 2.57. The summed E-state index contributed by atoms with van der Waals surface area (Å²) in [5, 5.41) is 14.4. The van der Waals surface area contributed by atoms with E-state index in [0.717, 1.165) is 22.5 Å². The summed E-state index contributed by atoms with van der Waals surface area (Å²) >= 11 is 0. The minimum atomic E-state index is -1.10. The number of aromatic nitrogens is 2. The normalized spacial score (nSPS) is 23.5. The maximum absolute atomic E-state index is 12.9. The van der Waals surface area contributed by atoms with Crippen molar-refractivity contribution < 1.29 is 19.4 Å². The van der Waals surface area contributed by atoms with Crippen molar-refractivity contribution in [1.29, 1.82) is 0 Å². The molecule has 7 heteroatoms. The number of para-hydroxylation sites is 1. The molecule has 3 heterocycles. The van der Waals surface area contributed by atoms with E-state index in [-0.39, 0.29) is 31.5 Å². The number of carboxylic acid groups (broad SMARTS) is 1. The van der Waals surface area contributed by atoms with Gasteiger partial charge >= 0.3 is 5.97 Å². The second-order valence-electron chi connectivity index (χ2n) is 7.57. The zero-order chi connectivity index (χ0) is 19.3. The van der Waals surface area contributed by atoms with Crippen LogP contribution in [0, 0.1) is 26.2 Å². The van der Waals surface area contributed by atoms with E-state index in [0.29, 0.717) is 12.3 Å². The Morgan fingerprint density at radius 2 is 2.04 bits per heavy atom. The van der Waals surface area contributed by atoms with Crippen LogP contribution in [0.1, 0.15) is 28.4 Å². The maximum Gasteiger partial charge on any atom is 0.315 e. The molecule has 142 valence electrons. The van der Waals surface area contributed by atoms with E-state index in [1.54, 1.807) is 9.58 Å². The number of ether oxygens (including phenoxy) is 1. The van der Waals surface area contributed by atoms with Gasteiger partial charge in [-0.25, -0.2) is 0 Å². The third-order valence-electron chi connectivity index (χ3n) is 6.13. The molecule has 0 unspecified atom stereocenters. The van der Waals surface area contributed by atoms with Crippen LogP contribution >= 0.6 is 0 Å². The average molecular weight is 369 g/mol. The highest BCUT2D eigenvalue weighted by atomic mass is 16.5. The summed E-state index contributed by atoms with van der Waals surface area (Å²) in [5.41, 5.74) is 2.69. The second kappa shape index (κ2) is 6.11. The second-order valence-corrected chi connectivity index (χ2v) is 7.57. The Kier molecular flexibility index (Phi) is 3.98. The molecule has 1 aromatic carbocycles. The quantitative estimate of drug-likeness (QED) is 0.893. The third kappa shape index (κ3) is 2.60. The summed E-state index contributed by atoms with van der Waals surface area (Å²) in [4.78, 5) is 26.7. The van der Waals surface area contributed by atoms with Gasteiger partial charge in [-0.15, -0.1) is 0 Å². The van der Waals surface area contributed by atoms with E-state index in [2.05, 4.69) is 5.10 Å². The molecule has 1 aromatic heterocycles. The molecular formula is C20H23N3O4. The molecule has 4 rings (SSSR count). The number of nitrogens with zero attached hydrogens (tertiary/aromatic N) is 3.